The van der Waals surface area contributed by atoms with E-state index in [1.807, 2.05) is 12.2 Å². The van der Waals surface area contributed by atoms with E-state index >= 15 is 0 Å². The maximum atomic E-state index is 12.0. The minimum Gasteiger partial charge on any atom is -0.467 e. The third kappa shape index (κ3) is 2.01. The molecular formula is C16H18O6. The molecule has 6 nitrogen and oxygen atoms in total. The minimum absolute atomic E-state index is 0.0398. The number of ether oxygens (including phenoxy) is 4. The molecule has 0 aromatic carbocycles. The van der Waals surface area contributed by atoms with Crippen molar-refractivity contribution < 1.29 is 28.5 Å². The Labute approximate surface area is 128 Å². The first-order valence-electron chi connectivity index (χ1n) is 7.81. The average molecular weight is 306 g/mol. The third-order valence-corrected chi connectivity index (χ3v) is 4.62. The highest BCUT2D eigenvalue weighted by atomic mass is 16.7. The molecule has 0 radical (unpaired) electrons. The summed E-state index contributed by atoms with van der Waals surface area (Å²) in [4.78, 5) is 24.0. The molecule has 6 heteroatoms. The lowest BCUT2D eigenvalue weighted by Gasteiger charge is -2.13. The zero-order valence-electron chi connectivity index (χ0n) is 12.3. The van der Waals surface area contributed by atoms with Crippen molar-refractivity contribution in [3.8, 4) is 0 Å². The Morgan fingerprint density at radius 1 is 0.909 bits per heavy atom. The van der Waals surface area contributed by atoms with Gasteiger partial charge in [0, 0.05) is 12.8 Å². The molecule has 4 rings (SSSR count). The highest BCUT2D eigenvalue weighted by Gasteiger charge is 2.62. The molecule has 0 amide bonds. The maximum Gasteiger partial charge on any atom is 0.358 e. The second-order valence-electron chi connectivity index (χ2n) is 6.05. The number of allylic oxidation sites excluding steroid dienone is 2. The Kier molecular flexibility index (Phi) is 2.96. The van der Waals surface area contributed by atoms with Gasteiger partial charge < -0.3 is 18.9 Å². The summed E-state index contributed by atoms with van der Waals surface area (Å²) in [5.41, 5.74) is -1.67. The fourth-order valence-corrected chi connectivity index (χ4v) is 3.24. The molecule has 2 fully saturated rings. The van der Waals surface area contributed by atoms with Crippen LogP contribution in [0.3, 0.4) is 0 Å². The molecule has 0 N–H and O–H groups in total. The Hall–Kier alpha value is -1.98. The summed E-state index contributed by atoms with van der Waals surface area (Å²) in [6.07, 6.45) is 8.94. The summed E-state index contributed by atoms with van der Waals surface area (Å²) in [5, 5.41) is 0. The maximum absolute atomic E-state index is 12.0. The van der Waals surface area contributed by atoms with Crippen LogP contribution in [0.4, 0.5) is 0 Å². The normalized spacial score (nSPS) is 33.8. The van der Waals surface area contributed by atoms with Crippen LogP contribution < -0.4 is 0 Å². The van der Waals surface area contributed by atoms with Crippen molar-refractivity contribution >= 4 is 11.9 Å². The lowest BCUT2D eigenvalue weighted by molar-refractivity contribution is -0.159. The van der Waals surface area contributed by atoms with E-state index < -0.39 is 11.2 Å². The SMILES string of the molecule is O=C(OCCOC(=O)C12CCCC=C1O2)C12CCCC=C1O2. The Morgan fingerprint density at radius 2 is 1.36 bits per heavy atom. The van der Waals surface area contributed by atoms with Gasteiger partial charge >= 0.3 is 11.9 Å². The number of fused-ring (bicyclic) bond motifs is 2. The molecular weight excluding hydrogens is 288 g/mol. The van der Waals surface area contributed by atoms with Gasteiger partial charge in [0.05, 0.1) is 0 Å². The van der Waals surface area contributed by atoms with Crippen LogP contribution in [0, 0.1) is 0 Å². The van der Waals surface area contributed by atoms with Gasteiger partial charge in [-0.15, -0.1) is 0 Å². The Balaban J connectivity index is 1.22. The summed E-state index contributed by atoms with van der Waals surface area (Å²) in [6, 6.07) is 0. The largest absolute Gasteiger partial charge is 0.467 e. The molecule has 4 aliphatic rings. The zero-order valence-corrected chi connectivity index (χ0v) is 12.3. The Morgan fingerprint density at radius 3 is 1.77 bits per heavy atom. The number of hydrogen-bond donors (Lipinski definition) is 0. The summed E-state index contributed by atoms with van der Waals surface area (Å²) in [5.74, 6) is 0.688. The van der Waals surface area contributed by atoms with Gasteiger partial charge in [-0.3, -0.25) is 0 Å². The zero-order chi connectivity index (χ0) is 15.2. The van der Waals surface area contributed by atoms with Gasteiger partial charge in [-0.1, -0.05) is 0 Å². The molecule has 118 valence electrons. The number of esters is 2. The van der Waals surface area contributed by atoms with Crippen molar-refractivity contribution in [2.45, 2.75) is 49.7 Å². The number of carbonyl (C=O) groups is 2. The van der Waals surface area contributed by atoms with Crippen LogP contribution in [0.25, 0.3) is 0 Å². The molecule has 0 bridgehead atoms. The Bertz CT molecular complexity index is 539. The van der Waals surface area contributed by atoms with Crippen molar-refractivity contribution in [3.05, 3.63) is 23.7 Å². The first kappa shape index (κ1) is 13.7. The smallest absolute Gasteiger partial charge is 0.358 e. The van der Waals surface area contributed by atoms with Gasteiger partial charge in [-0.05, 0) is 37.8 Å². The van der Waals surface area contributed by atoms with Gasteiger partial charge in [0.15, 0.2) is 0 Å². The molecule has 2 heterocycles. The average Bonchev–Trinajstić information content (AvgIpc) is 3.43. The molecule has 0 aromatic rings. The van der Waals surface area contributed by atoms with Crippen molar-refractivity contribution in [1.29, 1.82) is 0 Å². The summed E-state index contributed by atoms with van der Waals surface area (Å²) < 4.78 is 21.1. The van der Waals surface area contributed by atoms with Crippen LogP contribution in [0.15, 0.2) is 23.7 Å². The van der Waals surface area contributed by atoms with E-state index in [1.165, 1.54) is 0 Å². The third-order valence-electron chi connectivity index (χ3n) is 4.62. The molecule has 2 aliphatic carbocycles. The fourth-order valence-electron chi connectivity index (χ4n) is 3.24. The number of epoxide rings is 2. The van der Waals surface area contributed by atoms with Crippen LogP contribution in [-0.2, 0) is 28.5 Å². The van der Waals surface area contributed by atoms with Crippen molar-refractivity contribution in [2.24, 2.45) is 0 Å². The van der Waals surface area contributed by atoms with Crippen LogP contribution in [0.1, 0.15) is 38.5 Å². The van der Waals surface area contributed by atoms with Crippen LogP contribution in [-0.4, -0.2) is 36.4 Å². The molecule has 2 aliphatic heterocycles. The van der Waals surface area contributed by atoms with Gasteiger partial charge in [0.2, 0.25) is 0 Å². The first-order chi connectivity index (χ1) is 10.7. The predicted molar refractivity (Wildman–Crippen MR) is 73.4 cm³/mol. The summed E-state index contributed by atoms with van der Waals surface area (Å²) in [7, 11) is 0. The van der Waals surface area contributed by atoms with E-state index in [2.05, 4.69) is 0 Å². The van der Waals surface area contributed by atoms with E-state index in [4.69, 9.17) is 18.9 Å². The highest BCUT2D eigenvalue weighted by molar-refractivity contribution is 5.88. The fraction of sp³-hybridized carbons (Fsp3) is 0.625. The predicted octanol–water partition coefficient (Wildman–Crippen LogP) is 1.75. The monoisotopic (exact) mass is 306 g/mol. The van der Waals surface area contributed by atoms with E-state index in [-0.39, 0.29) is 25.2 Å². The molecule has 2 unspecified atom stereocenters. The minimum atomic E-state index is -0.834. The van der Waals surface area contributed by atoms with Crippen molar-refractivity contribution in [2.75, 3.05) is 13.2 Å². The van der Waals surface area contributed by atoms with Gasteiger partial charge in [0.25, 0.3) is 11.2 Å². The van der Waals surface area contributed by atoms with Gasteiger partial charge in [-0.2, -0.15) is 0 Å². The molecule has 2 atom stereocenters. The van der Waals surface area contributed by atoms with Gasteiger partial charge in [-0.25, -0.2) is 9.59 Å². The van der Waals surface area contributed by atoms with Gasteiger partial charge in [0.1, 0.15) is 24.7 Å². The molecule has 0 saturated carbocycles. The van der Waals surface area contributed by atoms with Crippen molar-refractivity contribution in [3.63, 3.8) is 0 Å². The molecule has 0 aromatic heterocycles. The van der Waals surface area contributed by atoms with Crippen LogP contribution >= 0.6 is 0 Å². The number of rotatable bonds is 5. The van der Waals surface area contributed by atoms with Crippen LogP contribution in [0.5, 0.6) is 0 Å². The lowest BCUT2D eigenvalue weighted by Crippen LogP contribution is -2.31. The molecule has 2 saturated heterocycles. The first-order valence-corrected chi connectivity index (χ1v) is 7.81. The van der Waals surface area contributed by atoms with Crippen LogP contribution in [0.2, 0.25) is 0 Å². The van der Waals surface area contributed by atoms with E-state index in [0.717, 1.165) is 37.2 Å². The van der Waals surface area contributed by atoms with E-state index in [1.54, 1.807) is 0 Å². The molecule has 22 heavy (non-hydrogen) atoms. The summed E-state index contributed by atoms with van der Waals surface area (Å²) in [6.45, 7) is 0.0795. The number of carbonyl (C=O) groups excluding carboxylic acids is 2. The summed E-state index contributed by atoms with van der Waals surface area (Å²) >= 11 is 0. The topological polar surface area (TPSA) is 77.7 Å². The molecule has 0 spiro atoms. The van der Waals surface area contributed by atoms with E-state index in [0.29, 0.717) is 12.8 Å². The second-order valence-corrected chi connectivity index (χ2v) is 6.05. The lowest BCUT2D eigenvalue weighted by atomic mass is 9.95. The highest BCUT2D eigenvalue weighted by Crippen LogP contribution is 2.50. The standard InChI is InChI=1S/C16H18O6/c17-13(15-7-3-1-5-11(15)21-15)19-9-10-20-14(18)16-8-4-2-6-12(16)22-16/h5-6H,1-4,7-10H2. The quantitative estimate of drug-likeness (QED) is 0.437. The number of hydrogen-bond acceptors (Lipinski definition) is 6. The van der Waals surface area contributed by atoms with Crippen molar-refractivity contribution in [1.82, 2.24) is 0 Å². The van der Waals surface area contributed by atoms with E-state index in [9.17, 15) is 9.59 Å². The second kappa shape index (κ2) is 4.76.